The molecule has 1 atom stereocenters. The highest BCUT2D eigenvalue weighted by atomic mass is 16.5. The van der Waals surface area contributed by atoms with Crippen LogP contribution in [0.4, 0.5) is 0 Å². The van der Waals surface area contributed by atoms with Crippen LogP contribution in [0, 0.1) is 0 Å². The van der Waals surface area contributed by atoms with E-state index in [1.54, 1.807) is 6.20 Å². The molecule has 4 nitrogen and oxygen atoms in total. The van der Waals surface area contributed by atoms with E-state index >= 15 is 0 Å². The molecule has 0 radical (unpaired) electrons. The normalized spacial score (nSPS) is 12.2. The van der Waals surface area contributed by atoms with Crippen LogP contribution in [0.25, 0.3) is 0 Å². The zero-order chi connectivity index (χ0) is 13.0. The van der Waals surface area contributed by atoms with Gasteiger partial charge in [0.1, 0.15) is 11.5 Å². The van der Waals surface area contributed by atoms with Crippen molar-refractivity contribution in [2.75, 3.05) is 0 Å². The van der Waals surface area contributed by atoms with E-state index in [9.17, 15) is 0 Å². The molecule has 0 fully saturated rings. The number of aliphatic hydroxyl groups is 1. The topological polar surface area (TPSA) is 68.4 Å². The average Bonchev–Trinajstić information content (AvgIpc) is 2.40. The van der Waals surface area contributed by atoms with Gasteiger partial charge in [-0.25, -0.2) is 0 Å². The molecule has 2 aromatic rings. The van der Waals surface area contributed by atoms with Crippen LogP contribution < -0.4 is 10.5 Å². The number of rotatable bonds is 4. The van der Waals surface area contributed by atoms with Crippen LogP contribution in [0.1, 0.15) is 24.2 Å². The molecule has 0 saturated heterocycles. The van der Waals surface area contributed by atoms with Gasteiger partial charge in [0.25, 0.3) is 0 Å². The molecule has 0 amide bonds. The summed E-state index contributed by atoms with van der Waals surface area (Å²) in [4.78, 5) is 4.22. The van der Waals surface area contributed by atoms with Crippen molar-refractivity contribution in [3.8, 4) is 11.5 Å². The van der Waals surface area contributed by atoms with Crippen LogP contribution in [-0.2, 0) is 6.61 Å². The Hall–Kier alpha value is -1.91. The van der Waals surface area contributed by atoms with Crippen LogP contribution in [0.3, 0.4) is 0 Å². The third-order valence-corrected chi connectivity index (χ3v) is 2.57. The highest BCUT2D eigenvalue weighted by Crippen LogP contribution is 2.21. The van der Waals surface area contributed by atoms with Crippen molar-refractivity contribution in [3.05, 3.63) is 53.9 Å². The van der Waals surface area contributed by atoms with Crippen molar-refractivity contribution in [1.29, 1.82) is 0 Å². The molecule has 1 unspecified atom stereocenters. The predicted molar refractivity (Wildman–Crippen MR) is 69.3 cm³/mol. The van der Waals surface area contributed by atoms with Crippen LogP contribution in [-0.4, -0.2) is 10.1 Å². The van der Waals surface area contributed by atoms with E-state index in [4.69, 9.17) is 15.6 Å². The van der Waals surface area contributed by atoms with Gasteiger partial charge in [0, 0.05) is 6.04 Å². The van der Waals surface area contributed by atoms with Crippen molar-refractivity contribution in [1.82, 2.24) is 4.98 Å². The van der Waals surface area contributed by atoms with E-state index < -0.39 is 0 Å². The smallest absolute Gasteiger partial charge is 0.145 e. The van der Waals surface area contributed by atoms with Gasteiger partial charge in [0.05, 0.1) is 18.5 Å². The number of aliphatic hydroxyl groups excluding tert-OH is 1. The molecule has 0 spiro atoms. The number of hydrogen-bond donors (Lipinski definition) is 2. The standard InChI is InChI=1S/C14H16N2O2/c1-10(15)14-7-6-13(8-16-14)18-12-4-2-11(9-17)3-5-12/h2-8,10,17H,9,15H2,1H3. The van der Waals surface area contributed by atoms with Crippen molar-refractivity contribution in [2.24, 2.45) is 5.73 Å². The van der Waals surface area contributed by atoms with Crippen molar-refractivity contribution in [2.45, 2.75) is 19.6 Å². The second kappa shape index (κ2) is 5.62. The summed E-state index contributed by atoms with van der Waals surface area (Å²) in [6, 6.07) is 10.9. The van der Waals surface area contributed by atoms with E-state index in [-0.39, 0.29) is 12.6 Å². The van der Waals surface area contributed by atoms with Crippen LogP contribution in [0.2, 0.25) is 0 Å². The summed E-state index contributed by atoms with van der Waals surface area (Å²) in [7, 11) is 0. The molecule has 1 aromatic heterocycles. The van der Waals surface area contributed by atoms with E-state index in [0.29, 0.717) is 11.5 Å². The first-order chi connectivity index (χ1) is 8.69. The van der Waals surface area contributed by atoms with Gasteiger partial charge in [-0.1, -0.05) is 12.1 Å². The minimum atomic E-state index is -0.0807. The zero-order valence-corrected chi connectivity index (χ0v) is 10.2. The lowest BCUT2D eigenvalue weighted by molar-refractivity contribution is 0.281. The van der Waals surface area contributed by atoms with Gasteiger partial charge in [-0.05, 0) is 36.8 Å². The summed E-state index contributed by atoms with van der Waals surface area (Å²) in [5.74, 6) is 1.37. The zero-order valence-electron chi connectivity index (χ0n) is 10.2. The maximum absolute atomic E-state index is 8.94. The van der Waals surface area contributed by atoms with Gasteiger partial charge >= 0.3 is 0 Å². The van der Waals surface area contributed by atoms with Gasteiger partial charge in [-0.3, -0.25) is 4.98 Å². The minimum absolute atomic E-state index is 0.0327. The average molecular weight is 244 g/mol. The fraction of sp³-hybridized carbons (Fsp3) is 0.214. The van der Waals surface area contributed by atoms with Crippen molar-refractivity contribution in [3.63, 3.8) is 0 Å². The molecular formula is C14H16N2O2. The summed E-state index contributed by atoms with van der Waals surface area (Å²) in [6.07, 6.45) is 1.65. The van der Waals surface area contributed by atoms with Gasteiger partial charge in [0.15, 0.2) is 0 Å². The fourth-order valence-electron chi connectivity index (χ4n) is 1.52. The Morgan fingerprint density at radius 3 is 2.33 bits per heavy atom. The first kappa shape index (κ1) is 12.5. The predicted octanol–water partition coefficient (Wildman–Crippen LogP) is 2.39. The van der Waals surface area contributed by atoms with E-state index in [0.717, 1.165) is 11.3 Å². The molecular weight excluding hydrogens is 228 g/mol. The Labute approximate surface area is 106 Å². The van der Waals surface area contributed by atoms with E-state index in [1.807, 2.05) is 43.3 Å². The molecule has 3 N–H and O–H groups in total. The third kappa shape index (κ3) is 3.06. The SMILES string of the molecule is CC(N)c1ccc(Oc2ccc(CO)cc2)cn1. The Morgan fingerprint density at radius 2 is 1.83 bits per heavy atom. The second-order valence-corrected chi connectivity index (χ2v) is 4.11. The highest BCUT2D eigenvalue weighted by molar-refractivity contribution is 5.32. The lowest BCUT2D eigenvalue weighted by atomic mass is 10.2. The highest BCUT2D eigenvalue weighted by Gasteiger charge is 2.02. The van der Waals surface area contributed by atoms with Crippen LogP contribution >= 0.6 is 0 Å². The van der Waals surface area contributed by atoms with Gasteiger partial charge in [-0.15, -0.1) is 0 Å². The number of ether oxygens (including phenoxy) is 1. The lowest BCUT2D eigenvalue weighted by Crippen LogP contribution is -2.06. The van der Waals surface area contributed by atoms with Crippen molar-refractivity contribution < 1.29 is 9.84 Å². The molecule has 0 aliphatic carbocycles. The van der Waals surface area contributed by atoms with Gasteiger partial charge < -0.3 is 15.6 Å². The Bertz CT molecular complexity index is 492. The largest absolute Gasteiger partial charge is 0.456 e. The number of hydrogen-bond acceptors (Lipinski definition) is 4. The molecule has 0 saturated carbocycles. The Morgan fingerprint density at radius 1 is 1.17 bits per heavy atom. The molecule has 94 valence electrons. The maximum atomic E-state index is 8.94. The molecule has 0 aliphatic rings. The van der Waals surface area contributed by atoms with Crippen molar-refractivity contribution >= 4 is 0 Å². The Balaban J connectivity index is 2.08. The number of benzene rings is 1. The van der Waals surface area contributed by atoms with E-state index in [1.165, 1.54) is 0 Å². The summed E-state index contributed by atoms with van der Waals surface area (Å²) in [5, 5.41) is 8.94. The number of nitrogens with two attached hydrogens (primary N) is 1. The first-order valence-corrected chi connectivity index (χ1v) is 5.78. The lowest BCUT2D eigenvalue weighted by Gasteiger charge is -2.08. The van der Waals surface area contributed by atoms with Gasteiger partial charge in [-0.2, -0.15) is 0 Å². The monoisotopic (exact) mass is 244 g/mol. The van der Waals surface area contributed by atoms with Gasteiger partial charge in [0.2, 0.25) is 0 Å². The fourth-order valence-corrected chi connectivity index (χ4v) is 1.52. The molecule has 0 bridgehead atoms. The maximum Gasteiger partial charge on any atom is 0.145 e. The van der Waals surface area contributed by atoms with Crippen LogP contribution in [0.5, 0.6) is 11.5 Å². The minimum Gasteiger partial charge on any atom is -0.456 e. The molecule has 18 heavy (non-hydrogen) atoms. The summed E-state index contributed by atoms with van der Waals surface area (Å²) in [5.41, 5.74) is 7.41. The number of aromatic nitrogens is 1. The number of nitrogens with zero attached hydrogens (tertiary/aromatic N) is 1. The molecule has 1 aromatic carbocycles. The molecule has 1 heterocycles. The third-order valence-electron chi connectivity index (χ3n) is 2.57. The second-order valence-electron chi connectivity index (χ2n) is 4.11. The molecule has 2 rings (SSSR count). The summed E-state index contributed by atoms with van der Waals surface area (Å²) in [6.45, 7) is 1.92. The van der Waals surface area contributed by atoms with Crippen LogP contribution in [0.15, 0.2) is 42.6 Å². The summed E-state index contributed by atoms with van der Waals surface area (Å²) < 4.78 is 5.63. The quantitative estimate of drug-likeness (QED) is 0.866. The van der Waals surface area contributed by atoms with E-state index in [2.05, 4.69) is 4.98 Å². The number of pyridine rings is 1. The Kier molecular flexibility index (Phi) is 3.92. The first-order valence-electron chi connectivity index (χ1n) is 5.78. The molecule has 0 aliphatic heterocycles. The summed E-state index contributed by atoms with van der Waals surface area (Å²) >= 11 is 0. The molecule has 4 heteroatoms.